The molecule has 0 bridgehead atoms. The molecule has 4 rings (SSSR count). The maximum Gasteiger partial charge on any atom is 0.0534 e. The predicted octanol–water partition coefficient (Wildman–Crippen LogP) is 5.18. The van der Waals surface area contributed by atoms with Crippen molar-refractivity contribution < 1.29 is 0 Å². The summed E-state index contributed by atoms with van der Waals surface area (Å²) >= 11 is 0. The smallest absolute Gasteiger partial charge is 0.0534 e. The van der Waals surface area contributed by atoms with E-state index in [1.165, 1.54) is 46.3 Å². The molecule has 2 aromatic rings. The van der Waals surface area contributed by atoms with Crippen molar-refractivity contribution in [1.82, 2.24) is 4.57 Å². The van der Waals surface area contributed by atoms with Gasteiger partial charge in [0.1, 0.15) is 0 Å². The number of aryl methyl sites for hydroxylation is 1. The molecule has 1 aromatic carbocycles. The molecule has 1 heterocycles. The van der Waals surface area contributed by atoms with E-state index in [-0.39, 0.29) is 0 Å². The van der Waals surface area contributed by atoms with Crippen molar-refractivity contribution in [3.05, 3.63) is 59.3 Å². The van der Waals surface area contributed by atoms with Crippen LogP contribution in [-0.2, 0) is 6.42 Å². The van der Waals surface area contributed by atoms with Gasteiger partial charge in [-0.1, -0.05) is 35.9 Å². The van der Waals surface area contributed by atoms with Crippen LogP contribution in [-0.4, -0.2) is 4.57 Å². The van der Waals surface area contributed by atoms with Crippen molar-refractivity contribution in [2.24, 2.45) is 0 Å². The number of benzene rings is 1. The van der Waals surface area contributed by atoms with Crippen molar-refractivity contribution in [3.63, 3.8) is 0 Å². The van der Waals surface area contributed by atoms with Gasteiger partial charge >= 0.3 is 0 Å². The number of hydrogen-bond donors (Lipinski definition) is 0. The topological polar surface area (TPSA) is 4.93 Å². The number of allylic oxidation sites excluding steroid dienone is 5. The van der Waals surface area contributed by atoms with E-state index in [9.17, 15) is 0 Å². The number of para-hydroxylation sites is 1. The molecule has 0 aliphatic heterocycles. The molecule has 0 amide bonds. The predicted molar refractivity (Wildman–Crippen MR) is 86.6 cm³/mol. The third-order valence-corrected chi connectivity index (χ3v) is 4.41. The van der Waals surface area contributed by atoms with E-state index in [2.05, 4.69) is 60.1 Å². The zero-order valence-electron chi connectivity index (χ0n) is 11.9. The molecule has 0 spiro atoms. The first-order valence-electron chi connectivity index (χ1n) is 7.51. The third kappa shape index (κ3) is 1.70. The van der Waals surface area contributed by atoms with E-state index < -0.39 is 0 Å². The summed E-state index contributed by atoms with van der Waals surface area (Å²) in [7, 11) is 0. The maximum absolute atomic E-state index is 2.48. The van der Waals surface area contributed by atoms with Crippen LogP contribution in [0.3, 0.4) is 0 Å². The highest BCUT2D eigenvalue weighted by atomic mass is 15.0. The van der Waals surface area contributed by atoms with Crippen molar-refractivity contribution >= 4 is 22.7 Å². The minimum Gasteiger partial charge on any atom is -0.313 e. The van der Waals surface area contributed by atoms with Gasteiger partial charge in [-0.05, 0) is 56.4 Å². The van der Waals surface area contributed by atoms with Gasteiger partial charge in [-0.15, -0.1) is 0 Å². The number of nitrogens with zero attached hydrogens (tertiary/aromatic N) is 1. The summed E-state index contributed by atoms with van der Waals surface area (Å²) < 4.78 is 2.48. The fraction of sp³-hybridized carbons (Fsp3) is 0.263. The Labute approximate surface area is 119 Å². The summed E-state index contributed by atoms with van der Waals surface area (Å²) in [5.74, 6) is 0. The minimum absolute atomic E-state index is 1.14. The fourth-order valence-corrected chi connectivity index (χ4v) is 3.51. The average molecular weight is 261 g/mol. The second-order valence-electron chi connectivity index (χ2n) is 5.78. The lowest BCUT2D eigenvalue weighted by molar-refractivity contribution is 0.922. The van der Waals surface area contributed by atoms with Gasteiger partial charge in [-0.2, -0.15) is 0 Å². The first-order chi connectivity index (χ1) is 9.84. The maximum atomic E-state index is 2.48. The summed E-state index contributed by atoms with van der Waals surface area (Å²) in [5.41, 5.74) is 7.12. The molecule has 20 heavy (non-hydrogen) atoms. The number of aromatic nitrogens is 1. The summed E-state index contributed by atoms with van der Waals surface area (Å²) in [6.07, 6.45) is 13.9. The van der Waals surface area contributed by atoms with Gasteiger partial charge < -0.3 is 4.57 Å². The van der Waals surface area contributed by atoms with Crippen molar-refractivity contribution in [3.8, 4) is 0 Å². The zero-order chi connectivity index (χ0) is 13.5. The van der Waals surface area contributed by atoms with Crippen LogP contribution in [0.4, 0.5) is 0 Å². The van der Waals surface area contributed by atoms with Gasteiger partial charge in [-0.3, -0.25) is 0 Å². The Hall–Kier alpha value is -2.02. The first kappa shape index (κ1) is 11.8. The van der Waals surface area contributed by atoms with Gasteiger partial charge in [0.05, 0.1) is 5.52 Å². The molecule has 0 radical (unpaired) electrons. The lowest BCUT2D eigenvalue weighted by Gasteiger charge is -2.18. The highest BCUT2D eigenvalue weighted by Gasteiger charge is 2.19. The van der Waals surface area contributed by atoms with Crippen LogP contribution in [0.5, 0.6) is 0 Å². The van der Waals surface area contributed by atoms with Crippen LogP contribution in [0.1, 0.15) is 37.4 Å². The Morgan fingerprint density at radius 2 is 1.95 bits per heavy atom. The van der Waals surface area contributed by atoms with E-state index in [4.69, 9.17) is 0 Å². The molecule has 0 unspecified atom stereocenters. The number of fused-ring (bicyclic) bond motifs is 3. The van der Waals surface area contributed by atoms with Gasteiger partial charge in [0.2, 0.25) is 0 Å². The van der Waals surface area contributed by atoms with E-state index in [1.807, 2.05) is 0 Å². The standard InChI is InChI=1S/C19H19N/c1-14-7-6-8-15(13-14)20-18-11-4-2-9-16(18)17-10-3-5-12-19(17)20/h2,4-5,7,9,11-13H,3,6,8,10H2,1H3. The molecule has 0 saturated heterocycles. The Kier molecular flexibility index (Phi) is 2.66. The minimum atomic E-state index is 1.14. The van der Waals surface area contributed by atoms with Gasteiger partial charge in [0.25, 0.3) is 0 Å². The van der Waals surface area contributed by atoms with Crippen molar-refractivity contribution in [2.45, 2.75) is 32.6 Å². The van der Waals surface area contributed by atoms with Gasteiger partial charge in [0, 0.05) is 16.8 Å². The quantitative estimate of drug-likeness (QED) is 0.666. The Morgan fingerprint density at radius 1 is 1.05 bits per heavy atom. The SMILES string of the molecule is CC1=CCCC(n2c3c(c4ccccc42)CCC=C3)=C1. The molecular formula is C19H19N. The molecule has 0 N–H and O–H groups in total. The number of rotatable bonds is 1. The molecular weight excluding hydrogens is 242 g/mol. The largest absolute Gasteiger partial charge is 0.313 e. The second-order valence-corrected chi connectivity index (χ2v) is 5.78. The van der Waals surface area contributed by atoms with Gasteiger partial charge in [-0.25, -0.2) is 0 Å². The van der Waals surface area contributed by atoms with Crippen LogP contribution in [0, 0.1) is 0 Å². The van der Waals surface area contributed by atoms with Crippen molar-refractivity contribution in [1.29, 1.82) is 0 Å². The fourth-order valence-electron chi connectivity index (χ4n) is 3.51. The highest BCUT2D eigenvalue weighted by molar-refractivity contribution is 5.92. The summed E-state index contributed by atoms with van der Waals surface area (Å²) in [4.78, 5) is 0. The normalized spacial score (nSPS) is 17.9. The Morgan fingerprint density at radius 3 is 2.85 bits per heavy atom. The molecule has 2 aliphatic carbocycles. The van der Waals surface area contributed by atoms with Gasteiger partial charge in [0.15, 0.2) is 0 Å². The average Bonchev–Trinajstić information content (AvgIpc) is 2.82. The van der Waals surface area contributed by atoms with E-state index >= 15 is 0 Å². The molecule has 2 aliphatic rings. The lowest BCUT2D eigenvalue weighted by atomic mass is 10.0. The third-order valence-electron chi connectivity index (χ3n) is 4.41. The molecule has 0 fully saturated rings. The van der Waals surface area contributed by atoms with E-state index in [0.717, 1.165) is 12.8 Å². The van der Waals surface area contributed by atoms with Crippen LogP contribution in [0.2, 0.25) is 0 Å². The van der Waals surface area contributed by atoms with Crippen LogP contribution in [0.25, 0.3) is 22.7 Å². The van der Waals surface area contributed by atoms with Crippen LogP contribution in [0.15, 0.2) is 48.1 Å². The van der Waals surface area contributed by atoms with Crippen LogP contribution >= 0.6 is 0 Å². The highest BCUT2D eigenvalue weighted by Crippen LogP contribution is 2.35. The summed E-state index contributed by atoms with van der Waals surface area (Å²) in [6.45, 7) is 2.20. The van der Waals surface area contributed by atoms with Crippen molar-refractivity contribution in [2.75, 3.05) is 0 Å². The molecule has 0 saturated carbocycles. The van der Waals surface area contributed by atoms with E-state index in [1.54, 1.807) is 0 Å². The van der Waals surface area contributed by atoms with E-state index in [0.29, 0.717) is 0 Å². The summed E-state index contributed by atoms with van der Waals surface area (Å²) in [6, 6.07) is 8.84. The molecule has 1 heteroatoms. The van der Waals surface area contributed by atoms with Crippen LogP contribution < -0.4 is 0 Å². The first-order valence-corrected chi connectivity index (χ1v) is 7.51. The number of hydrogen-bond acceptors (Lipinski definition) is 0. The zero-order valence-corrected chi connectivity index (χ0v) is 11.9. The molecule has 1 nitrogen and oxygen atoms in total. The second kappa shape index (κ2) is 4.52. The molecule has 0 atom stereocenters. The summed E-state index contributed by atoms with van der Waals surface area (Å²) in [5, 5.41) is 1.43. The molecule has 100 valence electrons. The Balaban J connectivity index is 2.04. The lowest BCUT2D eigenvalue weighted by Crippen LogP contribution is -2.04. The Bertz CT molecular complexity index is 768. The molecule has 1 aromatic heterocycles. The monoisotopic (exact) mass is 261 g/mol.